The van der Waals surface area contributed by atoms with E-state index in [4.69, 9.17) is 9.15 Å². The number of carbonyl (C=O) groups excluding carboxylic acids is 1. The highest BCUT2D eigenvalue weighted by molar-refractivity contribution is 5.69. The van der Waals surface area contributed by atoms with Crippen molar-refractivity contribution in [3.8, 4) is 0 Å². The Hall–Kier alpha value is -1.16. The summed E-state index contributed by atoms with van der Waals surface area (Å²) in [6.45, 7) is 0.554. The first kappa shape index (κ1) is 7.94. The van der Waals surface area contributed by atoms with Gasteiger partial charge in [0, 0.05) is 13.5 Å². The highest BCUT2D eigenvalue weighted by Crippen LogP contribution is 2.00. The fraction of sp³-hybridized carbons (Fsp3) is 0.429. The van der Waals surface area contributed by atoms with Gasteiger partial charge in [-0.3, -0.25) is 4.79 Å². The zero-order valence-electron chi connectivity index (χ0n) is 6.24. The van der Waals surface area contributed by atoms with Crippen LogP contribution in [0.25, 0.3) is 0 Å². The quantitative estimate of drug-likeness (QED) is 0.600. The van der Waals surface area contributed by atoms with Gasteiger partial charge < -0.3 is 9.15 Å². The first-order valence-electron chi connectivity index (χ1n) is 3.25. The third-order valence-electron chi connectivity index (χ3n) is 1.21. The minimum absolute atomic E-state index is 0.260. The van der Waals surface area contributed by atoms with Crippen LogP contribution >= 0.6 is 0 Å². The van der Waals surface area contributed by atoms with E-state index in [-0.39, 0.29) is 5.76 Å². The summed E-state index contributed by atoms with van der Waals surface area (Å²) in [7, 11) is 1.60. The number of rotatable bonds is 4. The smallest absolute Gasteiger partial charge is 0.197 e. The molecule has 0 aliphatic rings. The minimum Gasteiger partial charge on any atom is -0.438 e. The molecule has 60 valence electrons. The predicted octanol–water partition coefficient (Wildman–Crippen LogP) is 0.676. The van der Waals surface area contributed by atoms with Crippen LogP contribution in [0, 0.1) is 0 Å². The number of methoxy groups -OCH3 is 1. The lowest BCUT2D eigenvalue weighted by molar-refractivity contribution is 0.109. The van der Waals surface area contributed by atoms with E-state index in [0.29, 0.717) is 25.2 Å². The van der Waals surface area contributed by atoms with Crippen LogP contribution in [-0.2, 0) is 11.2 Å². The molecule has 0 unspecified atom stereocenters. The predicted molar refractivity (Wildman–Crippen MR) is 37.5 cm³/mol. The number of aldehydes is 1. The molecular weight excluding hydrogens is 146 g/mol. The maximum absolute atomic E-state index is 10.1. The monoisotopic (exact) mass is 155 g/mol. The summed E-state index contributed by atoms with van der Waals surface area (Å²) in [5.41, 5.74) is 0. The number of hydrogen-bond acceptors (Lipinski definition) is 4. The van der Waals surface area contributed by atoms with Crippen molar-refractivity contribution in [1.82, 2.24) is 4.98 Å². The third kappa shape index (κ3) is 2.16. The Morgan fingerprint density at radius 1 is 1.82 bits per heavy atom. The fourth-order valence-corrected chi connectivity index (χ4v) is 0.684. The van der Waals surface area contributed by atoms with Crippen LogP contribution in [0.1, 0.15) is 16.4 Å². The number of oxazole rings is 1. The van der Waals surface area contributed by atoms with E-state index in [1.165, 1.54) is 6.20 Å². The van der Waals surface area contributed by atoms with Gasteiger partial charge in [0.25, 0.3) is 0 Å². The Kier molecular flexibility index (Phi) is 2.80. The topological polar surface area (TPSA) is 52.3 Å². The number of nitrogens with zero attached hydrogens (tertiary/aromatic N) is 1. The van der Waals surface area contributed by atoms with E-state index in [1.54, 1.807) is 7.11 Å². The maximum Gasteiger partial charge on any atom is 0.197 e. The SMILES string of the molecule is COCCc1ncc(C=O)o1. The summed E-state index contributed by atoms with van der Waals surface area (Å²) in [6, 6.07) is 0. The molecule has 0 saturated carbocycles. The van der Waals surface area contributed by atoms with Gasteiger partial charge in [0.05, 0.1) is 12.8 Å². The van der Waals surface area contributed by atoms with Crippen LogP contribution in [0.15, 0.2) is 10.6 Å². The van der Waals surface area contributed by atoms with Crippen LogP contribution in [0.5, 0.6) is 0 Å². The van der Waals surface area contributed by atoms with Gasteiger partial charge in [-0.25, -0.2) is 4.98 Å². The second kappa shape index (κ2) is 3.88. The first-order chi connectivity index (χ1) is 5.36. The third-order valence-corrected chi connectivity index (χ3v) is 1.21. The van der Waals surface area contributed by atoms with Gasteiger partial charge in [0.15, 0.2) is 17.9 Å². The molecule has 0 amide bonds. The van der Waals surface area contributed by atoms with Crippen LogP contribution < -0.4 is 0 Å². The number of aromatic nitrogens is 1. The van der Waals surface area contributed by atoms with E-state index in [9.17, 15) is 4.79 Å². The van der Waals surface area contributed by atoms with Crippen molar-refractivity contribution in [3.63, 3.8) is 0 Å². The van der Waals surface area contributed by atoms with Crippen molar-refractivity contribution in [1.29, 1.82) is 0 Å². The lowest BCUT2D eigenvalue weighted by Crippen LogP contribution is -1.93. The van der Waals surface area contributed by atoms with Gasteiger partial charge in [-0.2, -0.15) is 0 Å². The highest BCUT2D eigenvalue weighted by Gasteiger charge is 2.00. The standard InChI is InChI=1S/C7H9NO3/c1-10-3-2-7-8-4-6(5-9)11-7/h4-5H,2-3H2,1H3. The Balaban J connectivity index is 2.51. The van der Waals surface area contributed by atoms with E-state index >= 15 is 0 Å². The van der Waals surface area contributed by atoms with Crippen LogP contribution in [-0.4, -0.2) is 25.0 Å². The Morgan fingerprint density at radius 3 is 3.18 bits per heavy atom. The molecule has 1 heterocycles. The Morgan fingerprint density at radius 2 is 2.64 bits per heavy atom. The normalized spacial score (nSPS) is 9.91. The molecule has 4 heteroatoms. The van der Waals surface area contributed by atoms with Crippen LogP contribution in [0.2, 0.25) is 0 Å². The van der Waals surface area contributed by atoms with E-state index in [0.717, 1.165) is 0 Å². The summed E-state index contributed by atoms with van der Waals surface area (Å²) in [5, 5.41) is 0. The number of hydrogen-bond donors (Lipinski definition) is 0. The van der Waals surface area contributed by atoms with Gasteiger partial charge in [-0.15, -0.1) is 0 Å². The summed E-state index contributed by atoms with van der Waals surface area (Å²) in [5.74, 6) is 0.796. The fourth-order valence-electron chi connectivity index (χ4n) is 0.684. The molecule has 0 bridgehead atoms. The highest BCUT2D eigenvalue weighted by atomic mass is 16.5. The summed E-state index contributed by atoms with van der Waals surface area (Å²) in [6.07, 6.45) is 2.63. The molecule has 1 rings (SSSR count). The lowest BCUT2D eigenvalue weighted by Gasteiger charge is -1.91. The number of carbonyl (C=O) groups is 1. The zero-order chi connectivity index (χ0) is 8.10. The molecule has 0 aliphatic carbocycles. The van der Waals surface area contributed by atoms with Gasteiger partial charge in [-0.05, 0) is 0 Å². The molecule has 0 atom stereocenters. The van der Waals surface area contributed by atoms with Crippen molar-refractivity contribution in [2.24, 2.45) is 0 Å². The molecule has 0 spiro atoms. The second-order valence-electron chi connectivity index (χ2n) is 2.02. The van der Waals surface area contributed by atoms with Crippen molar-refractivity contribution in [2.75, 3.05) is 13.7 Å². The van der Waals surface area contributed by atoms with Crippen molar-refractivity contribution < 1.29 is 13.9 Å². The summed E-state index contributed by atoms with van der Waals surface area (Å²) in [4.78, 5) is 14.0. The molecule has 11 heavy (non-hydrogen) atoms. The van der Waals surface area contributed by atoms with Gasteiger partial charge in [0.1, 0.15) is 0 Å². The second-order valence-corrected chi connectivity index (χ2v) is 2.02. The molecule has 0 aromatic carbocycles. The average Bonchev–Trinajstić information content (AvgIpc) is 2.48. The molecule has 1 aromatic heterocycles. The molecule has 0 aliphatic heterocycles. The molecule has 0 fully saturated rings. The molecular formula is C7H9NO3. The zero-order valence-corrected chi connectivity index (χ0v) is 6.24. The average molecular weight is 155 g/mol. The minimum atomic E-state index is 0.260. The van der Waals surface area contributed by atoms with Crippen molar-refractivity contribution >= 4 is 6.29 Å². The molecule has 0 radical (unpaired) electrons. The Labute approximate surface area is 64.2 Å². The summed E-state index contributed by atoms with van der Waals surface area (Å²) >= 11 is 0. The van der Waals surface area contributed by atoms with E-state index < -0.39 is 0 Å². The largest absolute Gasteiger partial charge is 0.438 e. The van der Waals surface area contributed by atoms with Crippen molar-refractivity contribution in [2.45, 2.75) is 6.42 Å². The van der Waals surface area contributed by atoms with Gasteiger partial charge >= 0.3 is 0 Å². The molecule has 0 saturated heterocycles. The molecule has 4 nitrogen and oxygen atoms in total. The first-order valence-corrected chi connectivity index (χ1v) is 3.25. The van der Waals surface area contributed by atoms with E-state index in [1.807, 2.05) is 0 Å². The summed E-state index contributed by atoms with van der Waals surface area (Å²) < 4.78 is 9.78. The van der Waals surface area contributed by atoms with Crippen LogP contribution in [0.4, 0.5) is 0 Å². The maximum atomic E-state index is 10.1. The number of ether oxygens (including phenoxy) is 1. The van der Waals surface area contributed by atoms with Gasteiger partial charge in [-0.1, -0.05) is 0 Å². The van der Waals surface area contributed by atoms with Crippen LogP contribution in [0.3, 0.4) is 0 Å². The van der Waals surface area contributed by atoms with E-state index in [2.05, 4.69) is 4.98 Å². The lowest BCUT2D eigenvalue weighted by atomic mass is 10.5. The van der Waals surface area contributed by atoms with Crippen molar-refractivity contribution in [3.05, 3.63) is 17.8 Å². The Bertz CT molecular complexity index is 231. The molecule has 0 N–H and O–H groups in total. The molecule has 1 aromatic rings. The van der Waals surface area contributed by atoms with Gasteiger partial charge in [0.2, 0.25) is 0 Å².